The topological polar surface area (TPSA) is 55.6 Å². The molecule has 0 saturated heterocycles. The molecule has 1 aliphatic heterocycles. The summed E-state index contributed by atoms with van der Waals surface area (Å²) in [5.41, 5.74) is 6.18. The molecule has 3 rings (SSSR count). The van der Waals surface area contributed by atoms with Crippen molar-refractivity contribution < 1.29 is 22.7 Å². The summed E-state index contributed by atoms with van der Waals surface area (Å²) < 4.78 is 44.2. The molecule has 1 aromatic rings. The second-order valence-corrected chi connectivity index (χ2v) is 6.50. The quantitative estimate of drug-likeness (QED) is 0.894. The molecule has 2 atom stereocenters. The van der Waals surface area contributed by atoms with Gasteiger partial charge in [0.05, 0.1) is 17.9 Å². The van der Waals surface area contributed by atoms with Crippen LogP contribution >= 0.6 is 0 Å². The monoisotopic (exact) mass is 342 g/mol. The van der Waals surface area contributed by atoms with Crippen molar-refractivity contribution in [3.63, 3.8) is 0 Å². The van der Waals surface area contributed by atoms with Crippen molar-refractivity contribution in [3.8, 4) is 0 Å². The summed E-state index contributed by atoms with van der Waals surface area (Å²) in [6.07, 6.45) is -1.78. The number of rotatable bonds is 3. The third-order valence-corrected chi connectivity index (χ3v) is 4.63. The SMILES string of the molecule is CCCOC(=O)N1c2ccc(C(F)(F)F)cc2C(N)CC1C1CC1. The third-order valence-electron chi connectivity index (χ3n) is 4.63. The van der Waals surface area contributed by atoms with E-state index in [1.54, 1.807) is 0 Å². The molecule has 1 saturated carbocycles. The van der Waals surface area contributed by atoms with Crippen LogP contribution in [0.3, 0.4) is 0 Å². The lowest BCUT2D eigenvalue weighted by Gasteiger charge is -2.39. The van der Waals surface area contributed by atoms with E-state index in [-0.39, 0.29) is 12.6 Å². The van der Waals surface area contributed by atoms with Crippen LogP contribution in [0.25, 0.3) is 0 Å². The Morgan fingerprint density at radius 1 is 1.38 bits per heavy atom. The minimum atomic E-state index is -4.43. The zero-order chi connectivity index (χ0) is 17.5. The zero-order valence-electron chi connectivity index (χ0n) is 13.5. The number of nitrogens with zero attached hydrogens (tertiary/aromatic N) is 1. The van der Waals surface area contributed by atoms with Crippen LogP contribution in [0.15, 0.2) is 18.2 Å². The number of anilines is 1. The molecule has 2 N–H and O–H groups in total. The van der Waals surface area contributed by atoms with Gasteiger partial charge in [0.25, 0.3) is 0 Å². The van der Waals surface area contributed by atoms with Gasteiger partial charge in [0, 0.05) is 12.1 Å². The van der Waals surface area contributed by atoms with E-state index in [1.807, 2.05) is 6.92 Å². The molecule has 0 bridgehead atoms. The third kappa shape index (κ3) is 3.22. The van der Waals surface area contributed by atoms with Crippen LogP contribution in [0.1, 0.15) is 49.8 Å². The largest absolute Gasteiger partial charge is 0.449 e. The Balaban J connectivity index is 1.99. The number of fused-ring (bicyclic) bond motifs is 1. The summed E-state index contributed by atoms with van der Waals surface area (Å²) in [5.74, 6) is 0.348. The Labute approximate surface area is 138 Å². The van der Waals surface area contributed by atoms with Crippen LogP contribution in [0.2, 0.25) is 0 Å². The van der Waals surface area contributed by atoms with E-state index in [1.165, 1.54) is 11.0 Å². The van der Waals surface area contributed by atoms with E-state index in [0.717, 1.165) is 25.0 Å². The smallest absolute Gasteiger partial charge is 0.416 e. The van der Waals surface area contributed by atoms with E-state index in [2.05, 4.69) is 0 Å². The number of halogens is 3. The Morgan fingerprint density at radius 2 is 2.08 bits per heavy atom. The first-order valence-corrected chi connectivity index (χ1v) is 8.25. The van der Waals surface area contributed by atoms with Crippen molar-refractivity contribution in [2.75, 3.05) is 11.5 Å². The number of hydrogen-bond acceptors (Lipinski definition) is 3. The molecule has 0 spiro atoms. The highest BCUT2D eigenvalue weighted by Crippen LogP contribution is 2.47. The molecule has 1 heterocycles. The Hall–Kier alpha value is -1.76. The highest BCUT2D eigenvalue weighted by Gasteiger charge is 2.44. The van der Waals surface area contributed by atoms with Gasteiger partial charge >= 0.3 is 12.3 Å². The van der Waals surface area contributed by atoms with Gasteiger partial charge in [-0.05, 0) is 55.4 Å². The Morgan fingerprint density at radius 3 is 2.67 bits per heavy atom. The predicted molar refractivity (Wildman–Crippen MR) is 83.6 cm³/mol. The minimum Gasteiger partial charge on any atom is -0.449 e. The highest BCUT2D eigenvalue weighted by atomic mass is 19.4. The number of carbonyl (C=O) groups excluding carboxylic acids is 1. The molecule has 4 nitrogen and oxygen atoms in total. The molecular weight excluding hydrogens is 321 g/mol. The first kappa shape index (κ1) is 17.1. The maximum absolute atomic E-state index is 13.0. The molecule has 0 aromatic heterocycles. The van der Waals surface area contributed by atoms with E-state index >= 15 is 0 Å². The normalized spacial score (nSPS) is 23.8. The van der Waals surface area contributed by atoms with Crippen molar-refractivity contribution in [3.05, 3.63) is 29.3 Å². The molecule has 2 aliphatic rings. The average molecular weight is 342 g/mol. The summed E-state index contributed by atoms with van der Waals surface area (Å²) in [6.45, 7) is 2.18. The van der Waals surface area contributed by atoms with E-state index in [0.29, 0.717) is 30.0 Å². The van der Waals surface area contributed by atoms with Gasteiger partial charge in [0.1, 0.15) is 0 Å². The number of benzene rings is 1. The van der Waals surface area contributed by atoms with Gasteiger partial charge in [0.15, 0.2) is 0 Å². The summed E-state index contributed by atoms with van der Waals surface area (Å²) in [5, 5.41) is 0. The van der Waals surface area contributed by atoms with Gasteiger partial charge in [-0.3, -0.25) is 4.90 Å². The number of hydrogen-bond donors (Lipinski definition) is 1. The van der Waals surface area contributed by atoms with Gasteiger partial charge < -0.3 is 10.5 Å². The van der Waals surface area contributed by atoms with Crippen LogP contribution in [0, 0.1) is 5.92 Å². The molecule has 1 amide bonds. The van der Waals surface area contributed by atoms with Gasteiger partial charge in [-0.25, -0.2) is 4.79 Å². The number of alkyl halides is 3. The van der Waals surface area contributed by atoms with Crippen LogP contribution in [0.4, 0.5) is 23.7 Å². The lowest BCUT2D eigenvalue weighted by Crippen LogP contribution is -2.47. The number of nitrogens with two attached hydrogens (primary N) is 1. The fraction of sp³-hybridized carbons (Fsp3) is 0.588. The van der Waals surface area contributed by atoms with E-state index in [4.69, 9.17) is 10.5 Å². The number of carbonyl (C=O) groups is 1. The highest BCUT2D eigenvalue weighted by molar-refractivity contribution is 5.90. The van der Waals surface area contributed by atoms with E-state index < -0.39 is 23.9 Å². The molecule has 2 unspecified atom stereocenters. The van der Waals surface area contributed by atoms with Crippen LogP contribution in [-0.2, 0) is 10.9 Å². The lowest BCUT2D eigenvalue weighted by atomic mass is 9.88. The summed E-state index contributed by atoms with van der Waals surface area (Å²) >= 11 is 0. The molecule has 132 valence electrons. The predicted octanol–water partition coefficient (Wildman–Crippen LogP) is 4.24. The molecule has 7 heteroatoms. The fourth-order valence-corrected chi connectivity index (χ4v) is 3.30. The maximum Gasteiger partial charge on any atom is 0.416 e. The van der Waals surface area contributed by atoms with E-state index in [9.17, 15) is 18.0 Å². The summed E-state index contributed by atoms with van der Waals surface area (Å²) in [7, 11) is 0. The Kier molecular flexibility index (Phi) is 4.46. The van der Waals surface area contributed by atoms with Crippen molar-refractivity contribution in [1.29, 1.82) is 0 Å². The minimum absolute atomic E-state index is 0.103. The van der Waals surface area contributed by atoms with Crippen molar-refractivity contribution in [2.24, 2.45) is 11.7 Å². The molecular formula is C17H21F3N2O2. The number of amides is 1. The molecule has 1 aliphatic carbocycles. The second-order valence-electron chi connectivity index (χ2n) is 6.50. The number of ether oxygens (including phenoxy) is 1. The molecule has 1 fully saturated rings. The maximum atomic E-state index is 13.0. The van der Waals surface area contributed by atoms with Gasteiger partial charge in [-0.1, -0.05) is 6.92 Å². The second kappa shape index (κ2) is 6.27. The van der Waals surface area contributed by atoms with Crippen LogP contribution in [-0.4, -0.2) is 18.7 Å². The summed E-state index contributed by atoms with van der Waals surface area (Å²) in [4.78, 5) is 14.0. The van der Waals surface area contributed by atoms with Crippen LogP contribution < -0.4 is 10.6 Å². The standard InChI is InChI=1S/C17H21F3N2O2/c1-2-7-24-16(23)22-14-6-5-11(17(18,19)20)8-12(14)13(21)9-15(22)10-3-4-10/h5-6,8,10,13,15H,2-4,7,9,21H2,1H3. The van der Waals surface area contributed by atoms with Crippen molar-refractivity contribution in [1.82, 2.24) is 0 Å². The van der Waals surface area contributed by atoms with Gasteiger partial charge in [-0.2, -0.15) is 13.2 Å². The summed E-state index contributed by atoms with van der Waals surface area (Å²) in [6, 6.07) is 2.79. The molecule has 1 aromatic carbocycles. The van der Waals surface area contributed by atoms with Gasteiger partial charge in [0.2, 0.25) is 0 Å². The first-order chi connectivity index (χ1) is 11.3. The van der Waals surface area contributed by atoms with Crippen molar-refractivity contribution >= 4 is 11.8 Å². The van der Waals surface area contributed by atoms with Crippen molar-refractivity contribution in [2.45, 2.75) is 50.9 Å². The van der Waals surface area contributed by atoms with Gasteiger partial charge in [-0.15, -0.1) is 0 Å². The molecule has 24 heavy (non-hydrogen) atoms. The zero-order valence-corrected chi connectivity index (χ0v) is 13.5. The fourth-order valence-electron chi connectivity index (χ4n) is 3.30. The Bertz CT molecular complexity index is 629. The lowest BCUT2D eigenvalue weighted by molar-refractivity contribution is -0.137. The van der Waals surface area contributed by atoms with Crippen LogP contribution in [0.5, 0.6) is 0 Å². The first-order valence-electron chi connectivity index (χ1n) is 8.25. The average Bonchev–Trinajstić information content (AvgIpc) is 3.36. The molecule has 0 radical (unpaired) electrons.